The number of sulfonamides is 1. The van der Waals surface area contributed by atoms with Crippen LogP contribution in [0, 0.1) is 20.8 Å². The van der Waals surface area contributed by atoms with Crippen LogP contribution in [0.4, 0.5) is 5.69 Å². The molecule has 1 N–H and O–H groups in total. The normalized spacial score (nSPS) is 12.5. The molecule has 0 bridgehead atoms. The molecule has 0 aliphatic carbocycles. The quantitative estimate of drug-likeness (QED) is 0.735. The van der Waals surface area contributed by atoms with Crippen LogP contribution in [0.1, 0.15) is 35.6 Å². The largest absolute Gasteiger partial charge is 0.352 e. The lowest BCUT2D eigenvalue weighted by molar-refractivity contribution is -0.120. The maximum atomic E-state index is 12.6. The molecule has 0 aromatic heterocycles. The van der Waals surface area contributed by atoms with Crippen LogP contribution < -0.4 is 9.62 Å². The van der Waals surface area contributed by atoms with Crippen LogP contribution in [0.3, 0.4) is 0 Å². The van der Waals surface area contributed by atoms with Gasteiger partial charge in [0.15, 0.2) is 0 Å². The monoisotopic (exact) mass is 402 g/mol. The van der Waals surface area contributed by atoms with Gasteiger partial charge in [0.05, 0.1) is 11.9 Å². The average Bonchev–Trinajstić information content (AvgIpc) is 2.58. The number of carbonyl (C=O) groups excluding carboxylic acids is 1. The number of aryl methyl sites for hydroxylation is 4. The summed E-state index contributed by atoms with van der Waals surface area (Å²) < 4.78 is 26.0. The van der Waals surface area contributed by atoms with Gasteiger partial charge in [-0.3, -0.25) is 9.10 Å². The zero-order valence-electron chi connectivity index (χ0n) is 17.3. The second kappa shape index (κ2) is 9.24. The van der Waals surface area contributed by atoms with Crippen molar-refractivity contribution in [2.24, 2.45) is 0 Å². The minimum Gasteiger partial charge on any atom is -0.352 e. The van der Waals surface area contributed by atoms with Gasteiger partial charge in [0.1, 0.15) is 6.54 Å². The predicted octanol–water partition coefficient (Wildman–Crippen LogP) is 3.52. The van der Waals surface area contributed by atoms with E-state index in [4.69, 9.17) is 0 Å². The van der Waals surface area contributed by atoms with E-state index in [2.05, 4.69) is 17.4 Å². The van der Waals surface area contributed by atoms with Gasteiger partial charge in [-0.05, 0) is 57.2 Å². The van der Waals surface area contributed by atoms with Crippen LogP contribution in [0.2, 0.25) is 0 Å². The first-order chi connectivity index (χ1) is 13.1. The lowest BCUT2D eigenvalue weighted by Gasteiger charge is -2.26. The van der Waals surface area contributed by atoms with E-state index in [1.54, 1.807) is 0 Å². The maximum absolute atomic E-state index is 12.6. The lowest BCUT2D eigenvalue weighted by atomic mass is 10.0. The Kier molecular flexibility index (Phi) is 7.24. The van der Waals surface area contributed by atoms with Crippen LogP contribution in [0.5, 0.6) is 0 Å². The Morgan fingerprint density at radius 2 is 1.64 bits per heavy atom. The molecule has 0 saturated heterocycles. The fraction of sp³-hybridized carbons (Fsp3) is 0.409. The SMILES string of the molecule is Cc1cc(C)c(N(CC(=O)N[C@H](C)CCc2ccccc2)S(C)(=O)=O)c(C)c1. The standard InChI is InChI=1S/C22H30N2O3S/c1-16-13-17(2)22(18(3)14-16)24(28(5,26)27)15-21(25)23-19(4)11-12-20-9-7-6-8-10-20/h6-10,13-14,19H,11-12,15H2,1-5H3,(H,23,25)/t19-/m1/s1. The van der Waals surface area contributed by atoms with E-state index in [1.807, 2.05) is 58.0 Å². The fourth-order valence-corrected chi connectivity index (χ4v) is 4.45. The summed E-state index contributed by atoms with van der Waals surface area (Å²) in [5.74, 6) is -0.301. The second-order valence-corrected chi connectivity index (χ2v) is 9.42. The summed E-state index contributed by atoms with van der Waals surface area (Å²) in [5.41, 5.74) is 4.54. The van der Waals surface area contributed by atoms with Crippen LogP contribution in [-0.4, -0.2) is 33.2 Å². The van der Waals surface area contributed by atoms with Crippen molar-refractivity contribution < 1.29 is 13.2 Å². The molecule has 0 saturated carbocycles. The summed E-state index contributed by atoms with van der Waals surface area (Å²) in [6, 6.07) is 13.9. The highest BCUT2D eigenvalue weighted by atomic mass is 32.2. The van der Waals surface area contributed by atoms with Crippen molar-refractivity contribution in [2.45, 2.75) is 46.6 Å². The molecule has 0 spiro atoms. The molecule has 0 aliphatic heterocycles. The molecular formula is C22H30N2O3S. The first-order valence-corrected chi connectivity index (χ1v) is 11.3. The van der Waals surface area contributed by atoms with Crippen molar-refractivity contribution >= 4 is 21.6 Å². The van der Waals surface area contributed by atoms with Gasteiger partial charge in [0.2, 0.25) is 15.9 Å². The van der Waals surface area contributed by atoms with Gasteiger partial charge in [-0.25, -0.2) is 8.42 Å². The molecule has 1 atom stereocenters. The van der Waals surface area contributed by atoms with Gasteiger partial charge in [0, 0.05) is 6.04 Å². The Hall–Kier alpha value is -2.34. The zero-order valence-corrected chi connectivity index (χ0v) is 18.1. The summed E-state index contributed by atoms with van der Waals surface area (Å²) in [7, 11) is -3.59. The van der Waals surface area contributed by atoms with Crippen molar-refractivity contribution in [1.82, 2.24) is 5.32 Å². The number of nitrogens with zero attached hydrogens (tertiary/aromatic N) is 1. The van der Waals surface area contributed by atoms with Crippen LogP contribution in [0.25, 0.3) is 0 Å². The molecule has 152 valence electrons. The molecule has 6 heteroatoms. The number of hydrogen-bond donors (Lipinski definition) is 1. The molecular weight excluding hydrogens is 372 g/mol. The Balaban J connectivity index is 2.08. The number of anilines is 1. The van der Waals surface area contributed by atoms with Gasteiger partial charge in [-0.1, -0.05) is 48.0 Å². The first kappa shape index (κ1) is 22.0. The van der Waals surface area contributed by atoms with E-state index in [-0.39, 0.29) is 18.5 Å². The summed E-state index contributed by atoms with van der Waals surface area (Å²) in [6.07, 6.45) is 2.78. The predicted molar refractivity (Wildman–Crippen MR) is 115 cm³/mol. The number of benzene rings is 2. The Labute approximate surface area is 168 Å². The molecule has 2 rings (SSSR count). The van der Waals surface area contributed by atoms with Crippen LogP contribution in [0.15, 0.2) is 42.5 Å². The summed E-state index contributed by atoms with van der Waals surface area (Å²) in [4.78, 5) is 12.6. The third kappa shape index (κ3) is 6.09. The van der Waals surface area contributed by atoms with E-state index in [9.17, 15) is 13.2 Å². The van der Waals surface area contributed by atoms with Crippen molar-refractivity contribution in [3.05, 3.63) is 64.7 Å². The molecule has 28 heavy (non-hydrogen) atoms. The number of carbonyl (C=O) groups is 1. The molecule has 0 unspecified atom stereocenters. The van der Waals surface area contributed by atoms with Crippen LogP contribution in [-0.2, 0) is 21.2 Å². The molecule has 1 amide bonds. The third-order valence-electron chi connectivity index (χ3n) is 4.69. The van der Waals surface area contributed by atoms with Crippen molar-refractivity contribution in [1.29, 1.82) is 0 Å². The van der Waals surface area contributed by atoms with Gasteiger partial charge >= 0.3 is 0 Å². The van der Waals surface area contributed by atoms with E-state index in [1.165, 1.54) is 9.87 Å². The number of amides is 1. The Morgan fingerprint density at radius 3 is 2.18 bits per heavy atom. The van der Waals surface area contributed by atoms with Gasteiger partial charge in [-0.15, -0.1) is 0 Å². The molecule has 0 fully saturated rings. The number of nitrogens with one attached hydrogen (secondary N) is 1. The third-order valence-corrected chi connectivity index (χ3v) is 5.80. The Morgan fingerprint density at radius 1 is 1.07 bits per heavy atom. The van der Waals surface area contributed by atoms with E-state index >= 15 is 0 Å². The smallest absolute Gasteiger partial charge is 0.240 e. The van der Waals surface area contributed by atoms with Gasteiger partial charge in [-0.2, -0.15) is 0 Å². The number of hydrogen-bond acceptors (Lipinski definition) is 3. The second-order valence-electron chi connectivity index (χ2n) is 7.51. The molecule has 0 aliphatic rings. The topological polar surface area (TPSA) is 66.5 Å². The molecule has 2 aromatic rings. The van der Waals surface area contributed by atoms with Crippen molar-refractivity contribution in [3.63, 3.8) is 0 Å². The molecule has 2 aromatic carbocycles. The zero-order chi connectivity index (χ0) is 20.9. The van der Waals surface area contributed by atoms with E-state index in [0.29, 0.717) is 5.69 Å². The fourth-order valence-electron chi connectivity index (χ4n) is 3.48. The Bertz CT molecular complexity index is 901. The highest BCUT2D eigenvalue weighted by molar-refractivity contribution is 7.92. The average molecular weight is 403 g/mol. The summed E-state index contributed by atoms with van der Waals surface area (Å²) in [6.45, 7) is 7.42. The van der Waals surface area contributed by atoms with Crippen molar-refractivity contribution in [3.8, 4) is 0 Å². The maximum Gasteiger partial charge on any atom is 0.240 e. The molecule has 5 nitrogen and oxygen atoms in total. The molecule has 0 heterocycles. The lowest BCUT2D eigenvalue weighted by Crippen LogP contribution is -2.43. The van der Waals surface area contributed by atoms with E-state index < -0.39 is 10.0 Å². The van der Waals surface area contributed by atoms with Gasteiger partial charge < -0.3 is 5.32 Å². The van der Waals surface area contributed by atoms with E-state index in [0.717, 1.165) is 35.8 Å². The van der Waals surface area contributed by atoms with Crippen LogP contribution >= 0.6 is 0 Å². The summed E-state index contributed by atoms with van der Waals surface area (Å²) >= 11 is 0. The van der Waals surface area contributed by atoms with Crippen molar-refractivity contribution in [2.75, 3.05) is 17.1 Å². The minimum absolute atomic E-state index is 0.0469. The first-order valence-electron chi connectivity index (χ1n) is 9.46. The highest BCUT2D eigenvalue weighted by Crippen LogP contribution is 2.28. The summed E-state index contributed by atoms with van der Waals surface area (Å²) in [5, 5.41) is 2.93. The molecule has 0 radical (unpaired) electrons. The van der Waals surface area contributed by atoms with Gasteiger partial charge in [0.25, 0.3) is 0 Å². The minimum atomic E-state index is -3.59. The highest BCUT2D eigenvalue weighted by Gasteiger charge is 2.24. The number of rotatable bonds is 8.